The van der Waals surface area contributed by atoms with Crippen LogP contribution in [0.3, 0.4) is 0 Å². The van der Waals surface area contributed by atoms with Crippen LogP contribution in [0.25, 0.3) is 0 Å². The maximum atomic E-state index is 10.4. The van der Waals surface area contributed by atoms with Gasteiger partial charge in [0.25, 0.3) is 0 Å². The monoisotopic (exact) mass is 239 g/mol. The number of aryl methyl sites for hydroxylation is 2. The second-order valence-electron chi connectivity index (χ2n) is 4.38. The molecule has 1 aromatic heterocycles. The van der Waals surface area contributed by atoms with Crippen LogP contribution < -0.4 is 5.32 Å². The second kappa shape index (κ2) is 5.82. The van der Waals surface area contributed by atoms with Gasteiger partial charge in [-0.1, -0.05) is 0 Å². The molecule has 0 aliphatic heterocycles. The Bertz CT molecular complexity index is 399. The van der Waals surface area contributed by atoms with Crippen molar-refractivity contribution in [3.63, 3.8) is 0 Å². The van der Waals surface area contributed by atoms with E-state index >= 15 is 0 Å². The molecular weight excluding hydrogens is 218 g/mol. The van der Waals surface area contributed by atoms with Crippen LogP contribution in [0.15, 0.2) is 0 Å². The van der Waals surface area contributed by atoms with E-state index in [-0.39, 0.29) is 12.5 Å². The topological polar surface area (TPSA) is 67.2 Å². The Kier molecular flexibility index (Phi) is 4.69. The minimum Gasteiger partial charge on any atom is -0.481 e. The fraction of sp³-hybridized carbons (Fsp3) is 0.667. The van der Waals surface area contributed by atoms with E-state index in [9.17, 15) is 4.79 Å². The van der Waals surface area contributed by atoms with Crippen molar-refractivity contribution in [2.45, 2.75) is 39.7 Å². The van der Waals surface area contributed by atoms with Gasteiger partial charge in [0.1, 0.15) is 0 Å². The molecule has 0 fully saturated rings. The van der Waals surface area contributed by atoms with Crippen LogP contribution in [-0.4, -0.2) is 27.4 Å². The fourth-order valence-corrected chi connectivity index (χ4v) is 2.08. The predicted molar refractivity (Wildman–Crippen MR) is 66.0 cm³/mol. The first-order chi connectivity index (χ1) is 7.93. The van der Waals surface area contributed by atoms with Crippen molar-refractivity contribution in [1.29, 1.82) is 0 Å². The summed E-state index contributed by atoms with van der Waals surface area (Å²) >= 11 is 0. The molecule has 5 heteroatoms. The Morgan fingerprint density at radius 3 is 2.65 bits per heavy atom. The number of carboxylic acids is 1. The first-order valence-electron chi connectivity index (χ1n) is 5.88. The molecule has 1 unspecified atom stereocenters. The standard InChI is InChI=1S/C12H21N3O2/c1-8(13-7-5-6-11(16)17)12-9(2)14-15(4)10(12)3/h8,13H,5-7H2,1-4H3,(H,16,17). The first kappa shape index (κ1) is 13.7. The van der Waals surface area contributed by atoms with E-state index in [1.54, 1.807) is 0 Å². The summed E-state index contributed by atoms with van der Waals surface area (Å²) in [7, 11) is 1.93. The highest BCUT2D eigenvalue weighted by atomic mass is 16.4. The number of hydrogen-bond donors (Lipinski definition) is 2. The number of aromatic nitrogens is 2. The molecule has 1 aromatic rings. The number of rotatable bonds is 6. The highest BCUT2D eigenvalue weighted by Gasteiger charge is 2.15. The van der Waals surface area contributed by atoms with Gasteiger partial charge in [-0.3, -0.25) is 9.48 Å². The summed E-state index contributed by atoms with van der Waals surface area (Å²) in [5.74, 6) is -0.742. The molecule has 0 saturated carbocycles. The summed E-state index contributed by atoms with van der Waals surface area (Å²) in [5, 5.41) is 16.2. The minimum atomic E-state index is -0.742. The zero-order chi connectivity index (χ0) is 13.0. The van der Waals surface area contributed by atoms with Crippen LogP contribution in [0, 0.1) is 13.8 Å². The van der Waals surface area contributed by atoms with Crippen LogP contribution in [0.5, 0.6) is 0 Å². The summed E-state index contributed by atoms with van der Waals surface area (Å²) in [5.41, 5.74) is 3.40. The molecule has 1 rings (SSSR count). The van der Waals surface area contributed by atoms with Crippen LogP contribution in [-0.2, 0) is 11.8 Å². The number of hydrogen-bond acceptors (Lipinski definition) is 3. The lowest BCUT2D eigenvalue weighted by molar-refractivity contribution is -0.137. The average Bonchev–Trinajstić information content (AvgIpc) is 2.48. The van der Waals surface area contributed by atoms with Crippen molar-refractivity contribution < 1.29 is 9.90 Å². The van der Waals surface area contributed by atoms with Crippen molar-refractivity contribution in [3.05, 3.63) is 17.0 Å². The number of carbonyl (C=O) groups is 1. The molecule has 0 aliphatic rings. The minimum absolute atomic E-state index is 0.206. The fourth-order valence-electron chi connectivity index (χ4n) is 2.08. The van der Waals surface area contributed by atoms with Crippen LogP contribution in [0.2, 0.25) is 0 Å². The Balaban J connectivity index is 2.52. The van der Waals surface area contributed by atoms with Crippen molar-refractivity contribution in [1.82, 2.24) is 15.1 Å². The summed E-state index contributed by atoms with van der Waals surface area (Å²) in [6.07, 6.45) is 0.864. The molecule has 0 saturated heterocycles. The lowest BCUT2D eigenvalue weighted by Gasteiger charge is -2.14. The maximum Gasteiger partial charge on any atom is 0.303 e. The largest absolute Gasteiger partial charge is 0.481 e. The van der Waals surface area contributed by atoms with Gasteiger partial charge in [-0.15, -0.1) is 0 Å². The van der Waals surface area contributed by atoms with Crippen molar-refractivity contribution in [2.75, 3.05) is 6.54 Å². The van der Waals surface area contributed by atoms with E-state index in [1.807, 2.05) is 25.6 Å². The van der Waals surface area contributed by atoms with Crippen LogP contribution in [0.1, 0.15) is 42.8 Å². The highest BCUT2D eigenvalue weighted by Crippen LogP contribution is 2.20. The number of nitrogens with one attached hydrogen (secondary N) is 1. The molecule has 0 spiro atoms. The molecular formula is C12H21N3O2. The molecule has 1 heterocycles. The number of nitrogens with zero attached hydrogens (tertiary/aromatic N) is 2. The van der Waals surface area contributed by atoms with Gasteiger partial charge in [0.15, 0.2) is 0 Å². The SMILES string of the molecule is Cc1nn(C)c(C)c1C(C)NCCCC(=O)O. The Morgan fingerprint density at radius 2 is 2.18 bits per heavy atom. The van der Waals surface area contributed by atoms with E-state index in [2.05, 4.69) is 17.3 Å². The lowest BCUT2D eigenvalue weighted by Crippen LogP contribution is -2.21. The van der Waals surface area contributed by atoms with Gasteiger partial charge in [0.2, 0.25) is 0 Å². The second-order valence-corrected chi connectivity index (χ2v) is 4.38. The smallest absolute Gasteiger partial charge is 0.303 e. The number of carboxylic acid groups (broad SMARTS) is 1. The van der Waals surface area contributed by atoms with E-state index in [0.29, 0.717) is 13.0 Å². The van der Waals surface area contributed by atoms with Gasteiger partial charge in [-0.25, -0.2) is 0 Å². The molecule has 0 bridgehead atoms. The zero-order valence-corrected chi connectivity index (χ0v) is 10.9. The van der Waals surface area contributed by atoms with Gasteiger partial charge >= 0.3 is 5.97 Å². The van der Waals surface area contributed by atoms with Gasteiger partial charge in [0, 0.05) is 30.8 Å². The average molecular weight is 239 g/mol. The summed E-state index contributed by atoms with van der Waals surface area (Å²) in [4.78, 5) is 10.4. The van der Waals surface area contributed by atoms with Crippen molar-refractivity contribution >= 4 is 5.97 Å². The van der Waals surface area contributed by atoms with Gasteiger partial charge < -0.3 is 10.4 Å². The Labute approximate surface area is 102 Å². The molecule has 17 heavy (non-hydrogen) atoms. The molecule has 0 aliphatic carbocycles. The third-order valence-electron chi connectivity index (χ3n) is 3.02. The third-order valence-corrected chi connectivity index (χ3v) is 3.02. The molecule has 1 atom stereocenters. The van der Waals surface area contributed by atoms with E-state index in [0.717, 1.165) is 11.4 Å². The van der Waals surface area contributed by atoms with Crippen molar-refractivity contribution in [3.8, 4) is 0 Å². The normalized spacial score (nSPS) is 12.7. The molecule has 5 nitrogen and oxygen atoms in total. The summed E-state index contributed by atoms with van der Waals surface area (Å²) in [6, 6.07) is 0.206. The van der Waals surface area contributed by atoms with Gasteiger partial charge in [-0.2, -0.15) is 5.10 Å². The molecule has 0 amide bonds. The zero-order valence-electron chi connectivity index (χ0n) is 10.9. The predicted octanol–water partition coefficient (Wildman–Crippen LogP) is 1.55. The van der Waals surface area contributed by atoms with E-state index in [4.69, 9.17) is 5.11 Å². The highest BCUT2D eigenvalue weighted by molar-refractivity contribution is 5.66. The summed E-state index contributed by atoms with van der Waals surface area (Å²) in [6.45, 7) is 6.83. The molecule has 0 radical (unpaired) electrons. The summed E-state index contributed by atoms with van der Waals surface area (Å²) < 4.78 is 1.88. The molecule has 0 aromatic carbocycles. The molecule has 96 valence electrons. The Morgan fingerprint density at radius 1 is 1.53 bits per heavy atom. The van der Waals surface area contributed by atoms with Crippen molar-refractivity contribution in [2.24, 2.45) is 7.05 Å². The maximum absolute atomic E-state index is 10.4. The first-order valence-corrected chi connectivity index (χ1v) is 5.88. The lowest BCUT2D eigenvalue weighted by atomic mass is 10.1. The molecule has 2 N–H and O–H groups in total. The van der Waals surface area contributed by atoms with Crippen LogP contribution in [0.4, 0.5) is 0 Å². The Hall–Kier alpha value is -1.36. The number of aliphatic carboxylic acids is 1. The van der Waals surface area contributed by atoms with Gasteiger partial charge in [-0.05, 0) is 33.7 Å². The van der Waals surface area contributed by atoms with E-state index < -0.39 is 5.97 Å². The van der Waals surface area contributed by atoms with Crippen LogP contribution >= 0.6 is 0 Å². The van der Waals surface area contributed by atoms with Gasteiger partial charge in [0.05, 0.1) is 5.69 Å². The third kappa shape index (κ3) is 3.56. The quantitative estimate of drug-likeness (QED) is 0.739. The van der Waals surface area contributed by atoms with E-state index in [1.165, 1.54) is 5.56 Å².